The average Bonchev–Trinajstić information content (AvgIpc) is 2.47. The lowest BCUT2D eigenvalue weighted by atomic mass is 10.1. The summed E-state index contributed by atoms with van der Waals surface area (Å²) in [7, 11) is -3.19. The lowest BCUT2D eigenvalue weighted by Crippen LogP contribution is -2.46. The molecule has 0 atom stereocenters. The number of nitrogens with zero attached hydrogens (tertiary/aromatic N) is 2. The third kappa shape index (κ3) is 4.24. The van der Waals surface area contributed by atoms with Crippen LogP contribution in [0, 0.1) is 0 Å². The van der Waals surface area contributed by atoms with Gasteiger partial charge in [0.2, 0.25) is 10.0 Å². The van der Waals surface area contributed by atoms with E-state index in [-0.39, 0.29) is 17.7 Å². The maximum absolute atomic E-state index is 12.4. The Hall–Kier alpha value is -0.990. The number of sulfonamides is 1. The highest BCUT2D eigenvalue weighted by molar-refractivity contribution is 9.10. The van der Waals surface area contributed by atoms with Crippen LogP contribution in [0.15, 0.2) is 22.9 Å². The fourth-order valence-electron chi connectivity index (χ4n) is 2.25. The van der Waals surface area contributed by atoms with Gasteiger partial charge in [0.15, 0.2) is 0 Å². The van der Waals surface area contributed by atoms with Crippen molar-refractivity contribution in [1.82, 2.24) is 14.6 Å². The summed E-state index contributed by atoms with van der Waals surface area (Å²) >= 11 is 3.27. The van der Waals surface area contributed by atoms with Gasteiger partial charge in [-0.05, 0) is 47.8 Å². The summed E-state index contributed by atoms with van der Waals surface area (Å²) in [5.41, 5.74) is 0.532. The van der Waals surface area contributed by atoms with Crippen LogP contribution >= 0.6 is 15.9 Å². The summed E-state index contributed by atoms with van der Waals surface area (Å²) in [6, 6.07) is 3.36. The standard InChI is InChI=1S/C13H18BrN3O3S/c1-2-21(19,20)16-10-5-8-17(9-6-10)13(18)11-4-3-7-15-12(11)14/h3-4,7,10,16H,2,5-6,8-9H2,1H3. The maximum atomic E-state index is 12.4. The van der Waals surface area contributed by atoms with E-state index in [0.717, 1.165) is 0 Å². The Balaban J connectivity index is 1.95. The van der Waals surface area contributed by atoms with Crippen LogP contribution < -0.4 is 4.72 Å². The minimum absolute atomic E-state index is 0.0771. The second kappa shape index (κ2) is 6.85. The van der Waals surface area contributed by atoms with Gasteiger partial charge in [-0.25, -0.2) is 18.1 Å². The van der Waals surface area contributed by atoms with E-state index < -0.39 is 10.0 Å². The number of nitrogens with one attached hydrogen (secondary N) is 1. The normalized spacial score (nSPS) is 17.0. The fraction of sp³-hybridized carbons (Fsp3) is 0.538. The molecule has 2 rings (SSSR count). The third-order valence-corrected chi connectivity index (χ3v) is 5.58. The summed E-state index contributed by atoms with van der Waals surface area (Å²) < 4.78 is 26.3. The number of aromatic nitrogens is 1. The molecule has 116 valence electrons. The first-order valence-corrected chi connectivity index (χ1v) is 9.27. The number of rotatable bonds is 4. The topological polar surface area (TPSA) is 79.4 Å². The van der Waals surface area contributed by atoms with Gasteiger partial charge in [-0.3, -0.25) is 4.79 Å². The molecule has 0 unspecified atom stereocenters. The van der Waals surface area contributed by atoms with Crippen LogP contribution in [0.1, 0.15) is 30.1 Å². The van der Waals surface area contributed by atoms with Crippen LogP contribution in [-0.4, -0.2) is 49.1 Å². The lowest BCUT2D eigenvalue weighted by Gasteiger charge is -2.32. The molecule has 1 aromatic rings. The van der Waals surface area contributed by atoms with E-state index in [2.05, 4.69) is 25.6 Å². The Morgan fingerprint density at radius 1 is 1.48 bits per heavy atom. The van der Waals surface area contributed by atoms with Gasteiger partial charge in [0.25, 0.3) is 5.91 Å². The number of amides is 1. The van der Waals surface area contributed by atoms with E-state index in [0.29, 0.717) is 36.1 Å². The number of hydrogen-bond acceptors (Lipinski definition) is 4. The zero-order valence-corrected chi connectivity index (χ0v) is 14.2. The van der Waals surface area contributed by atoms with Crippen molar-refractivity contribution in [2.24, 2.45) is 0 Å². The third-order valence-electron chi connectivity index (χ3n) is 3.50. The van der Waals surface area contributed by atoms with Crippen LogP contribution in [0.3, 0.4) is 0 Å². The Bertz CT molecular complexity index is 613. The minimum atomic E-state index is -3.19. The smallest absolute Gasteiger partial charge is 0.256 e. The van der Waals surface area contributed by atoms with Crippen LogP contribution in [0.5, 0.6) is 0 Å². The molecule has 0 radical (unpaired) electrons. The monoisotopic (exact) mass is 375 g/mol. The number of carbonyl (C=O) groups is 1. The number of pyridine rings is 1. The number of likely N-dealkylation sites (tertiary alicyclic amines) is 1. The molecule has 1 amide bonds. The molecule has 0 saturated carbocycles. The molecule has 1 saturated heterocycles. The zero-order valence-electron chi connectivity index (χ0n) is 11.8. The molecule has 1 fully saturated rings. The molecule has 0 bridgehead atoms. The quantitative estimate of drug-likeness (QED) is 0.806. The van der Waals surface area contributed by atoms with Crippen molar-refractivity contribution in [3.8, 4) is 0 Å². The van der Waals surface area contributed by atoms with Crippen LogP contribution in [0.4, 0.5) is 0 Å². The summed E-state index contributed by atoms with van der Waals surface area (Å²) in [5, 5.41) is 0. The van der Waals surface area contributed by atoms with Crippen molar-refractivity contribution in [3.05, 3.63) is 28.5 Å². The molecule has 1 aliphatic heterocycles. The molecule has 1 aromatic heterocycles. The minimum Gasteiger partial charge on any atom is -0.338 e. The van der Waals surface area contributed by atoms with Crippen molar-refractivity contribution in [2.75, 3.05) is 18.8 Å². The van der Waals surface area contributed by atoms with Crippen molar-refractivity contribution in [2.45, 2.75) is 25.8 Å². The number of halogens is 1. The van der Waals surface area contributed by atoms with Gasteiger partial charge in [-0.15, -0.1) is 0 Å². The predicted molar refractivity (Wildman–Crippen MR) is 83.5 cm³/mol. The molecule has 0 aromatic carbocycles. The molecule has 2 heterocycles. The summed E-state index contributed by atoms with van der Waals surface area (Å²) in [5.74, 6) is 0.00109. The number of hydrogen-bond donors (Lipinski definition) is 1. The summed E-state index contributed by atoms with van der Waals surface area (Å²) in [4.78, 5) is 18.2. The molecule has 8 heteroatoms. The Labute approximate surface area is 133 Å². The molecule has 1 aliphatic rings. The van der Waals surface area contributed by atoms with Crippen molar-refractivity contribution >= 4 is 31.9 Å². The Kier molecular flexibility index (Phi) is 5.34. The summed E-state index contributed by atoms with van der Waals surface area (Å²) in [6.45, 7) is 2.69. The molecule has 0 spiro atoms. The van der Waals surface area contributed by atoms with E-state index in [9.17, 15) is 13.2 Å². The number of carbonyl (C=O) groups excluding carboxylic acids is 1. The second-order valence-corrected chi connectivity index (χ2v) is 7.72. The zero-order chi connectivity index (χ0) is 15.5. The van der Waals surface area contributed by atoms with Crippen molar-refractivity contribution < 1.29 is 13.2 Å². The molecule has 0 aliphatic carbocycles. The maximum Gasteiger partial charge on any atom is 0.256 e. The van der Waals surface area contributed by atoms with Crippen molar-refractivity contribution in [1.29, 1.82) is 0 Å². The second-order valence-electron chi connectivity index (χ2n) is 4.93. The van der Waals surface area contributed by atoms with Gasteiger partial charge < -0.3 is 4.90 Å². The Morgan fingerprint density at radius 3 is 2.71 bits per heavy atom. The highest BCUT2D eigenvalue weighted by atomic mass is 79.9. The predicted octanol–water partition coefficient (Wildman–Crippen LogP) is 1.39. The van der Waals surface area contributed by atoms with E-state index >= 15 is 0 Å². The highest BCUT2D eigenvalue weighted by Crippen LogP contribution is 2.18. The van der Waals surface area contributed by atoms with Gasteiger partial charge >= 0.3 is 0 Å². The van der Waals surface area contributed by atoms with Gasteiger partial charge in [0.1, 0.15) is 4.60 Å². The SMILES string of the molecule is CCS(=O)(=O)NC1CCN(C(=O)c2cccnc2Br)CC1. The van der Waals surface area contributed by atoms with Crippen molar-refractivity contribution in [3.63, 3.8) is 0 Å². The first-order chi connectivity index (χ1) is 9.93. The van der Waals surface area contributed by atoms with Gasteiger partial charge in [0.05, 0.1) is 11.3 Å². The summed E-state index contributed by atoms with van der Waals surface area (Å²) in [6.07, 6.45) is 2.87. The van der Waals surface area contributed by atoms with E-state index in [1.165, 1.54) is 0 Å². The van der Waals surface area contributed by atoms with Gasteiger partial charge in [-0.2, -0.15) is 0 Å². The largest absolute Gasteiger partial charge is 0.338 e. The van der Waals surface area contributed by atoms with Gasteiger partial charge in [0, 0.05) is 25.3 Å². The lowest BCUT2D eigenvalue weighted by molar-refractivity contribution is 0.0710. The van der Waals surface area contributed by atoms with E-state index in [4.69, 9.17) is 0 Å². The fourth-order valence-corrected chi connectivity index (χ4v) is 3.58. The van der Waals surface area contributed by atoms with Crippen LogP contribution in [0.25, 0.3) is 0 Å². The highest BCUT2D eigenvalue weighted by Gasteiger charge is 2.26. The van der Waals surface area contributed by atoms with E-state index in [1.807, 2.05) is 0 Å². The van der Waals surface area contributed by atoms with Gasteiger partial charge in [-0.1, -0.05) is 0 Å². The number of piperidine rings is 1. The Morgan fingerprint density at radius 2 is 2.14 bits per heavy atom. The van der Waals surface area contributed by atoms with E-state index in [1.54, 1.807) is 30.2 Å². The van der Waals surface area contributed by atoms with Crippen LogP contribution in [-0.2, 0) is 10.0 Å². The first kappa shape index (κ1) is 16.4. The molecular formula is C13H18BrN3O3S. The average molecular weight is 376 g/mol. The molecule has 21 heavy (non-hydrogen) atoms. The molecule has 1 N–H and O–H groups in total. The molecular weight excluding hydrogens is 358 g/mol. The molecule has 6 nitrogen and oxygen atoms in total. The first-order valence-electron chi connectivity index (χ1n) is 6.82. The van der Waals surface area contributed by atoms with Crippen LogP contribution in [0.2, 0.25) is 0 Å².